The first-order valence-electron chi connectivity index (χ1n) is 13.4. The zero-order chi connectivity index (χ0) is 25.8. The van der Waals surface area contributed by atoms with Gasteiger partial charge in [-0.2, -0.15) is 0 Å². The molecule has 0 saturated carbocycles. The third kappa shape index (κ3) is 5.34. The fraction of sp³-hybridized carbons (Fsp3) is 0.303. The van der Waals surface area contributed by atoms with Crippen molar-refractivity contribution in [2.75, 3.05) is 13.2 Å². The van der Waals surface area contributed by atoms with Crippen LogP contribution in [0.1, 0.15) is 57.1 Å². The highest BCUT2D eigenvalue weighted by molar-refractivity contribution is 6.02. The van der Waals surface area contributed by atoms with Gasteiger partial charge in [0.15, 0.2) is 0 Å². The molecule has 3 aromatic carbocycles. The molecule has 0 fully saturated rings. The topological polar surface area (TPSA) is 51.5 Å². The van der Waals surface area contributed by atoms with Gasteiger partial charge >= 0.3 is 0 Å². The lowest BCUT2D eigenvalue weighted by atomic mass is 9.95. The molecule has 0 saturated heterocycles. The molecule has 0 bridgehead atoms. The summed E-state index contributed by atoms with van der Waals surface area (Å²) in [5, 5.41) is 6.48. The number of furan rings is 1. The Hall–Kier alpha value is -3.79. The summed E-state index contributed by atoms with van der Waals surface area (Å²) in [5.74, 6) is 0.694. The molecule has 0 aliphatic heterocycles. The van der Waals surface area contributed by atoms with Crippen LogP contribution in [0.5, 0.6) is 5.75 Å². The molecule has 0 atom stereocenters. The lowest BCUT2D eigenvalue weighted by molar-refractivity contribution is -0.116. The van der Waals surface area contributed by atoms with E-state index < -0.39 is 0 Å². The van der Waals surface area contributed by atoms with E-state index in [1.807, 2.05) is 27.0 Å². The maximum atomic E-state index is 12.8. The molecular formula is C33H35NO3. The van der Waals surface area contributed by atoms with Gasteiger partial charge in [0.2, 0.25) is 5.91 Å². The fourth-order valence-corrected chi connectivity index (χ4v) is 5.32. The number of nitrogens with one attached hydrogen (secondary N) is 1. The third-order valence-electron chi connectivity index (χ3n) is 7.30. The van der Waals surface area contributed by atoms with Crippen LogP contribution in [0.25, 0.3) is 38.4 Å². The molecule has 4 aromatic rings. The molecule has 37 heavy (non-hydrogen) atoms. The molecule has 1 aliphatic rings. The highest BCUT2D eigenvalue weighted by Crippen LogP contribution is 2.41. The normalized spacial score (nSPS) is 14.1. The lowest BCUT2D eigenvalue weighted by Crippen LogP contribution is -2.23. The second-order valence-electron chi connectivity index (χ2n) is 9.88. The molecule has 1 N–H and O–H groups in total. The molecule has 4 heteroatoms. The number of aryl methyl sites for hydroxylation is 1. The third-order valence-corrected chi connectivity index (χ3v) is 7.30. The van der Waals surface area contributed by atoms with E-state index in [4.69, 9.17) is 9.15 Å². The van der Waals surface area contributed by atoms with Crippen molar-refractivity contribution in [1.82, 2.24) is 5.32 Å². The highest BCUT2D eigenvalue weighted by atomic mass is 16.5. The number of allylic oxidation sites excluding steroid dienone is 2. The van der Waals surface area contributed by atoms with E-state index in [0.29, 0.717) is 13.2 Å². The molecule has 1 heterocycles. The first-order chi connectivity index (χ1) is 18.0. The molecule has 1 aromatic heterocycles. The van der Waals surface area contributed by atoms with E-state index in [9.17, 15) is 4.79 Å². The van der Waals surface area contributed by atoms with Gasteiger partial charge in [0, 0.05) is 34.7 Å². The number of carbonyl (C=O) groups excluding carboxylic acids is 1. The van der Waals surface area contributed by atoms with Crippen molar-refractivity contribution in [3.63, 3.8) is 0 Å². The van der Waals surface area contributed by atoms with Crippen LogP contribution in [0.2, 0.25) is 0 Å². The van der Waals surface area contributed by atoms with Gasteiger partial charge in [-0.25, -0.2) is 0 Å². The number of hydrogen-bond acceptors (Lipinski definition) is 3. The predicted molar refractivity (Wildman–Crippen MR) is 153 cm³/mol. The van der Waals surface area contributed by atoms with Crippen LogP contribution in [0, 0.1) is 6.92 Å². The molecule has 5 rings (SSSR count). The Bertz CT molecular complexity index is 1510. The molecular weight excluding hydrogens is 458 g/mol. The van der Waals surface area contributed by atoms with Crippen LogP contribution >= 0.6 is 0 Å². The van der Waals surface area contributed by atoms with Gasteiger partial charge in [-0.15, -0.1) is 0 Å². The molecule has 0 radical (unpaired) electrons. The van der Waals surface area contributed by atoms with E-state index in [-0.39, 0.29) is 5.91 Å². The van der Waals surface area contributed by atoms with Crippen LogP contribution in [-0.4, -0.2) is 19.1 Å². The molecule has 0 unspecified atom stereocenters. The van der Waals surface area contributed by atoms with E-state index in [2.05, 4.69) is 59.9 Å². The predicted octanol–water partition coefficient (Wildman–Crippen LogP) is 8.37. The van der Waals surface area contributed by atoms with Crippen molar-refractivity contribution < 1.29 is 13.9 Å². The van der Waals surface area contributed by atoms with Gasteiger partial charge in [-0.05, 0) is 86.9 Å². The minimum Gasteiger partial charge on any atom is -0.493 e. The average Bonchev–Trinajstić information content (AvgIpc) is 3.35. The Morgan fingerprint density at radius 3 is 2.73 bits per heavy atom. The van der Waals surface area contributed by atoms with Crippen LogP contribution in [-0.2, 0) is 4.79 Å². The maximum absolute atomic E-state index is 12.8. The maximum Gasteiger partial charge on any atom is 0.244 e. The zero-order valence-corrected chi connectivity index (χ0v) is 22.0. The SMILES string of the molecule is CCOc1c(/C(C)=C/C(=O)NCCC2=CCCCC2)cc2c(-c3ccc4ccccc4c3)coc2c1C. The number of fused-ring (bicyclic) bond motifs is 2. The Morgan fingerprint density at radius 2 is 1.95 bits per heavy atom. The van der Waals surface area contributed by atoms with E-state index in [1.165, 1.54) is 35.6 Å². The van der Waals surface area contributed by atoms with Crippen molar-refractivity contribution in [2.24, 2.45) is 0 Å². The van der Waals surface area contributed by atoms with Crippen molar-refractivity contribution in [3.8, 4) is 16.9 Å². The second-order valence-corrected chi connectivity index (χ2v) is 9.88. The fourth-order valence-electron chi connectivity index (χ4n) is 5.32. The smallest absolute Gasteiger partial charge is 0.244 e. The minimum absolute atomic E-state index is 0.0731. The monoisotopic (exact) mass is 493 g/mol. The first-order valence-corrected chi connectivity index (χ1v) is 13.4. The molecule has 190 valence electrons. The number of amides is 1. The van der Waals surface area contributed by atoms with E-state index in [1.54, 1.807) is 6.08 Å². The lowest BCUT2D eigenvalue weighted by Gasteiger charge is -2.15. The summed E-state index contributed by atoms with van der Waals surface area (Å²) in [4.78, 5) is 12.8. The van der Waals surface area contributed by atoms with Gasteiger partial charge in [-0.3, -0.25) is 4.79 Å². The van der Waals surface area contributed by atoms with Crippen molar-refractivity contribution >= 4 is 33.2 Å². The summed E-state index contributed by atoms with van der Waals surface area (Å²) in [6.07, 6.45) is 11.6. The quantitative estimate of drug-likeness (QED) is 0.198. The highest BCUT2D eigenvalue weighted by Gasteiger charge is 2.19. The van der Waals surface area contributed by atoms with Crippen molar-refractivity contribution in [2.45, 2.75) is 52.9 Å². The Kier molecular flexibility index (Phi) is 7.45. The van der Waals surface area contributed by atoms with Crippen LogP contribution in [0.4, 0.5) is 0 Å². The largest absolute Gasteiger partial charge is 0.493 e. The van der Waals surface area contributed by atoms with Crippen molar-refractivity contribution in [1.29, 1.82) is 0 Å². The van der Waals surface area contributed by atoms with Gasteiger partial charge in [0.1, 0.15) is 11.3 Å². The summed E-state index contributed by atoms with van der Waals surface area (Å²) >= 11 is 0. The number of carbonyl (C=O) groups is 1. The summed E-state index contributed by atoms with van der Waals surface area (Å²) in [6, 6.07) is 16.9. The van der Waals surface area contributed by atoms with E-state index >= 15 is 0 Å². The van der Waals surface area contributed by atoms with Crippen molar-refractivity contribution in [3.05, 3.63) is 83.6 Å². The number of ether oxygens (including phenoxy) is 1. The van der Waals surface area contributed by atoms with Gasteiger partial charge < -0.3 is 14.5 Å². The molecule has 1 amide bonds. The Balaban J connectivity index is 1.47. The number of hydrogen-bond donors (Lipinski definition) is 1. The molecule has 0 spiro atoms. The molecule has 4 nitrogen and oxygen atoms in total. The summed E-state index contributed by atoms with van der Waals surface area (Å²) in [6.45, 7) is 7.17. The standard InChI is InChI=1S/C33H35NO3/c1-4-36-32-23(3)33-29(30(21-37-33)27-15-14-25-12-8-9-13-26(25)19-27)20-28(32)22(2)18-31(35)34-17-16-24-10-6-5-7-11-24/h8-10,12-15,18-21H,4-7,11,16-17H2,1-3H3,(H,34,35)/b22-18+. The molecule has 1 aliphatic carbocycles. The second kappa shape index (κ2) is 11.1. The Morgan fingerprint density at radius 1 is 1.11 bits per heavy atom. The number of benzene rings is 3. The number of rotatable bonds is 8. The van der Waals surface area contributed by atoms with Crippen LogP contribution in [0.15, 0.2) is 76.9 Å². The zero-order valence-electron chi connectivity index (χ0n) is 22.0. The summed E-state index contributed by atoms with van der Waals surface area (Å²) in [7, 11) is 0. The van der Waals surface area contributed by atoms with Crippen LogP contribution in [0.3, 0.4) is 0 Å². The minimum atomic E-state index is -0.0731. The summed E-state index contributed by atoms with van der Waals surface area (Å²) < 4.78 is 12.1. The average molecular weight is 494 g/mol. The summed E-state index contributed by atoms with van der Waals surface area (Å²) in [5.41, 5.74) is 7.14. The Labute approximate surface area is 219 Å². The van der Waals surface area contributed by atoms with Crippen LogP contribution < -0.4 is 10.1 Å². The van der Waals surface area contributed by atoms with Gasteiger partial charge in [0.05, 0.1) is 12.9 Å². The van der Waals surface area contributed by atoms with Gasteiger partial charge in [-0.1, -0.05) is 48.0 Å². The first kappa shape index (κ1) is 24.9. The van der Waals surface area contributed by atoms with E-state index in [0.717, 1.165) is 57.4 Å². The van der Waals surface area contributed by atoms with Gasteiger partial charge in [0.25, 0.3) is 0 Å².